The quantitative estimate of drug-likeness (QED) is 0.733. The average molecular weight is 428 g/mol. The number of nitrogens with zero attached hydrogens (tertiary/aromatic N) is 4. The Kier molecular flexibility index (Phi) is 5.17. The lowest BCUT2D eigenvalue weighted by molar-refractivity contribution is -0.152. The maximum Gasteiger partial charge on any atom is 0.408 e. The normalized spacial score (nSPS) is 29.5. The van der Waals surface area contributed by atoms with E-state index in [1.54, 1.807) is 0 Å². The van der Waals surface area contributed by atoms with E-state index in [-0.39, 0.29) is 43.2 Å². The number of hydrogen-bond donors (Lipinski definition) is 0. The standard InChI is InChI=1S/C20H27F3N4O3/c21-20(22,23)16-2-6-26-18(28)10-17(27-11-15-9-14(27)12-30-15)24-19(26)25(16)5-1-13-3-7-29-8-4-13/h10,13-16H,1-9,11-12H2/t14?,15?,16-/m0/s1. The van der Waals surface area contributed by atoms with Crippen LogP contribution in [0.1, 0.15) is 32.1 Å². The molecule has 1 aromatic rings. The van der Waals surface area contributed by atoms with Crippen LogP contribution in [0.25, 0.3) is 0 Å². The van der Waals surface area contributed by atoms with Gasteiger partial charge in [0.05, 0.1) is 18.8 Å². The number of aromatic nitrogens is 2. The topological polar surface area (TPSA) is 59.8 Å². The fourth-order valence-corrected chi connectivity index (χ4v) is 5.24. The van der Waals surface area contributed by atoms with Gasteiger partial charge in [0.2, 0.25) is 5.95 Å². The Morgan fingerprint density at radius 3 is 2.67 bits per heavy atom. The molecule has 3 atom stereocenters. The van der Waals surface area contributed by atoms with Gasteiger partial charge in [-0.15, -0.1) is 0 Å². The van der Waals surface area contributed by atoms with E-state index in [4.69, 9.17) is 9.47 Å². The summed E-state index contributed by atoms with van der Waals surface area (Å²) in [6.07, 6.45) is -1.15. The molecule has 3 fully saturated rings. The minimum atomic E-state index is -4.37. The van der Waals surface area contributed by atoms with Crippen LogP contribution in [0.5, 0.6) is 0 Å². The number of fused-ring (bicyclic) bond motifs is 3. The van der Waals surface area contributed by atoms with Crippen LogP contribution in [0.4, 0.5) is 24.9 Å². The number of alkyl halides is 3. The number of hydrogen-bond acceptors (Lipinski definition) is 6. The zero-order valence-corrected chi connectivity index (χ0v) is 16.8. The van der Waals surface area contributed by atoms with E-state index in [0.717, 1.165) is 19.3 Å². The van der Waals surface area contributed by atoms with Gasteiger partial charge >= 0.3 is 6.18 Å². The van der Waals surface area contributed by atoms with E-state index in [1.165, 1.54) is 15.5 Å². The van der Waals surface area contributed by atoms with E-state index in [2.05, 4.69) is 4.98 Å². The molecule has 10 heteroatoms. The summed E-state index contributed by atoms with van der Waals surface area (Å²) >= 11 is 0. The van der Waals surface area contributed by atoms with Crippen molar-refractivity contribution in [1.29, 1.82) is 0 Å². The van der Waals surface area contributed by atoms with Gasteiger partial charge in [-0.3, -0.25) is 9.36 Å². The van der Waals surface area contributed by atoms with Gasteiger partial charge in [0.1, 0.15) is 11.9 Å². The number of halogens is 3. The molecule has 0 aliphatic carbocycles. The van der Waals surface area contributed by atoms with E-state index in [1.807, 2.05) is 4.90 Å². The van der Waals surface area contributed by atoms with Gasteiger partial charge in [0, 0.05) is 38.9 Å². The highest BCUT2D eigenvalue weighted by Crippen LogP contribution is 2.37. The first-order valence-corrected chi connectivity index (χ1v) is 10.8. The fraction of sp³-hybridized carbons (Fsp3) is 0.800. The second-order valence-corrected chi connectivity index (χ2v) is 8.79. The van der Waals surface area contributed by atoms with Gasteiger partial charge in [-0.1, -0.05) is 0 Å². The third-order valence-electron chi connectivity index (χ3n) is 6.93. The van der Waals surface area contributed by atoms with Gasteiger partial charge in [0.15, 0.2) is 0 Å². The highest BCUT2D eigenvalue weighted by Gasteiger charge is 2.47. The molecule has 0 N–H and O–H groups in total. The van der Waals surface area contributed by atoms with Crippen molar-refractivity contribution in [3.63, 3.8) is 0 Å². The molecule has 4 aliphatic heterocycles. The Labute approximate surface area is 172 Å². The predicted octanol–water partition coefficient (Wildman–Crippen LogP) is 2.18. The smallest absolute Gasteiger partial charge is 0.381 e. The van der Waals surface area contributed by atoms with Gasteiger partial charge < -0.3 is 19.3 Å². The summed E-state index contributed by atoms with van der Waals surface area (Å²) in [5, 5.41) is 0. The molecule has 0 amide bonds. The molecular weight excluding hydrogens is 401 g/mol. The number of anilines is 2. The average Bonchev–Trinajstić information content (AvgIpc) is 3.35. The molecule has 3 saturated heterocycles. The first kappa shape index (κ1) is 20.1. The molecule has 30 heavy (non-hydrogen) atoms. The van der Waals surface area contributed by atoms with Crippen LogP contribution in [-0.4, -0.2) is 66.8 Å². The highest BCUT2D eigenvalue weighted by atomic mass is 19.4. The Morgan fingerprint density at radius 2 is 2.00 bits per heavy atom. The Morgan fingerprint density at radius 1 is 1.20 bits per heavy atom. The second-order valence-electron chi connectivity index (χ2n) is 8.79. The third-order valence-corrected chi connectivity index (χ3v) is 6.93. The van der Waals surface area contributed by atoms with Crippen LogP contribution in [0.15, 0.2) is 10.9 Å². The Bertz CT molecular complexity index is 840. The summed E-state index contributed by atoms with van der Waals surface area (Å²) in [5.41, 5.74) is -0.282. The zero-order chi connectivity index (χ0) is 20.9. The first-order valence-electron chi connectivity index (χ1n) is 10.8. The maximum absolute atomic E-state index is 13.9. The molecule has 0 spiro atoms. The van der Waals surface area contributed by atoms with Gasteiger partial charge in [-0.2, -0.15) is 18.2 Å². The Hall–Kier alpha value is -1.81. The molecule has 0 radical (unpaired) electrons. The number of ether oxygens (including phenoxy) is 2. The summed E-state index contributed by atoms with van der Waals surface area (Å²) in [5.74, 6) is 0.965. The third kappa shape index (κ3) is 3.68. The maximum atomic E-state index is 13.9. The Balaban J connectivity index is 1.46. The van der Waals surface area contributed by atoms with E-state index < -0.39 is 12.2 Å². The molecule has 0 aromatic carbocycles. The fourth-order valence-electron chi connectivity index (χ4n) is 5.24. The predicted molar refractivity (Wildman–Crippen MR) is 104 cm³/mol. The molecule has 0 saturated carbocycles. The van der Waals surface area contributed by atoms with Crippen LogP contribution in [0, 0.1) is 5.92 Å². The lowest BCUT2D eigenvalue weighted by Gasteiger charge is -2.40. The summed E-state index contributed by atoms with van der Waals surface area (Å²) in [4.78, 5) is 20.8. The molecule has 1 aromatic heterocycles. The van der Waals surface area contributed by atoms with Crippen LogP contribution in [0.2, 0.25) is 0 Å². The number of rotatable bonds is 4. The molecule has 5 rings (SSSR count). The number of morpholine rings is 1. The summed E-state index contributed by atoms with van der Waals surface area (Å²) < 4.78 is 54.0. The largest absolute Gasteiger partial charge is 0.408 e. The van der Waals surface area contributed by atoms with Crippen molar-refractivity contribution in [1.82, 2.24) is 9.55 Å². The molecular formula is C20H27F3N4O3. The van der Waals surface area contributed by atoms with Crippen LogP contribution < -0.4 is 15.4 Å². The minimum absolute atomic E-state index is 0.0363. The lowest BCUT2D eigenvalue weighted by Crippen LogP contribution is -2.53. The molecule has 2 bridgehead atoms. The molecule has 166 valence electrons. The lowest BCUT2D eigenvalue weighted by atomic mass is 9.96. The summed E-state index contributed by atoms with van der Waals surface area (Å²) in [7, 11) is 0. The van der Waals surface area contributed by atoms with Crippen molar-refractivity contribution in [3.8, 4) is 0 Å². The van der Waals surface area contributed by atoms with Crippen molar-refractivity contribution in [3.05, 3.63) is 16.4 Å². The monoisotopic (exact) mass is 428 g/mol. The van der Waals surface area contributed by atoms with E-state index >= 15 is 0 Å². The molecule has 2 unspecified atom stereocenters. The highest BCUT2D eigenvalue weighted by molar-refractivity contribution is 5.49. The van der Waals surface area contributed by atoms with Crippen molar-refractivity contribution in [2.24, 2.45) is 5.92 Å². The molecule has 7 nitrogen and oxygen atoms in total. The van der Waals surface area contributed by atoms with Crippen molar-refractivity contribution in [2.45, 2.75) is 63.0 Å². The summed E-state index contributed by atoms with van der Waals surface area (Å²) in [6.45, 7) is 2.79. The second kappa shape index (κ2) is 7.71. The van der Waals surface area contributed by atoms with Gasteiger partial charge in [-0.25, -0.2) is 0 Å². The van der Waals surface area contributed by atoms with E-state index in [9.17, 15) is 18.0 Å². The SMILES string of the molecule is O=c1cc(N2CC3CC2CO3)nc2n1CC[C@@H](C(F)(F)F)N2CCC1CCOCC1. The first-order chi connectivity index (χ1) is 14.4. The van der Waals surface area contributed by atoms with E-state index in [0.29, 0.717) is 44.5 Å². The van der Waals surface area contributed by atoms with Crippen molar-refractivity contribution >= 4 is 11.8 Å². The van der Waals surface area contributed by atoms with Crippen LogP contribution in [-0.2, 0) is 16.0 Å². The zero-order valence-electron chi connectivity index (χ0n) is 16.8. The van der Waals surface area contributed by atoms with Crippen molar-refractivity contribution in [2.75, 3.05) is 42.7 Å². The van der Waals surface area contributed by atoms with Gasteiger partial charge in [0.25, 0.3) is 5.56 Å². The van der Waals surface area contributed by atoms with Crippen molar-refractivity contribution < 1.29 is 22.6 Å². The van der Waals surface area contributed by atoms with Gasteiger partial charge in [-0.05, 0) is 38.0 Å². The molecule has 4 aliphatic rings. The molecule has 5 heterocycles. The van der Waals surface area contributed by atoms with Crippen LogP contribution in [0.3, 0.4) is 0 Å². The minimum Gasteiger partial charge on any atom is -0.381 e. The summed E-state index contributed by atoms with van der Waals surface area (Å²) in [6, 6.07) is -0.00473. The van der Waals surface area contributed by atoms with Crippen LogP contribution >= 0.6 is 0 Å².